The Morgan fingerprint density at radius 1 is 1.13 bits per heavy atom. The number of nitrogens with zero attached hydrogens (tertiary/aromatic N) is 1. The first-order valence-corrected chi connectivity index (χ1v) is 9.67. The molecule has 0 saturated carbocycles. The average molecular weight is 411 g/mol. The summed E-state index contributed by atoms with van der Waals surface area (Å²) in [5, 5.41) is 5.72. The highest BCUT2D eigenvalue weighted by Crippen LogP contribution is 2.24. The van der Waals surface area contributed by atoms with Crippen LogP contribution in [0.1, 0.15) is 24.4 Å². The van der Waals surface area contributed by atoms with Crippen molar-refractivity contribution in [2.45, 2.75) is 18.9 Å². The smallest absolute Gasteiger partial charge is 0.327 e. The van der Waals surface area contributed by atoms with Crippen molar-refractivity contribution >= 4 is 29.2 Å². The van der Waals surface area contributed by atoms with E-state index < -0.39 is 12.0 Å². The van der Waals surface area contributed by atoms with Crippen LogP contribution < -0.4 is 20.3 Å². The molecule has 0 bridgehead atoms. The molecule has 1 atom stereocenters. The molecule has 3 rings (SSSR count). The number of methoxy groups -OCH3 is 2. The molecule has 1 unspecified atom stereocenters. The summed E-state index contributed by atoms with van der Waals surface area (Å²) in [6.07, 6.45) is 1.38. The van der Waals surface area contributed by atoms with Crippen LogP contribution in [-0.2, 0) is 19.1 Å². The Balaban J connectivity index is 1.63. The van der Waals surface area contributed by atoms with Crippen molar-refractivity contribution in [1.29, 1.82) is 0 Å². The Morgan fingerprint density at radius 2 is 1.90 bits per heavy atom. The van der Waals surface area contributed by atoms with Gasteiger partial charge in [-0.1, -0.05) is 18.2 Å². The fraction of sp³-hybridized carbons (Fsp3) is 0.318. The zero-order valence-corrected chi connectivity index (χ0v) is 17.0. The van der Waals surface area contributed by atoms with Crippen LogP contribution in [0.15, 0.2) is 48.5 Å². The summed E-state index contributed by atoms with van der Waals surface area (Å²) in [5.41, 5.74) is 2.00. The number of esters is 1. The molecule has 1 heterocycles. The van der Waals surface area contributed by atoms with Gasteiger partial charge in [0.2, 0.25) is 11.8 Å². The lowest BCUT2D eigenvalue weighted by molar-refractivity contribution is -0.143. The van der Waals surface area contributed by atoms with Gasteiger partial charge in [-0.3, -0.25) is 14.9 Å². The van der Waals surface area contributed by atoms with E-state index in [1.165, 1.54) is 7.11 Å². The van der Waals surface area contributed by atoms with E-state index in [0.29, 0.717) is 30.0 Å². The maximum Gasteiger partial charge on any atom is 0.327 e. The predicted molar refractivity (Wildman–Crippen MR) is 112 cm³/mol. The summed E-state index contributed by atoms with van der Waals surface area (Å²) in [6.45, 7) is 0.582. The van der Waals surface area contributed by atoms with E-state index in [0.717, 1.165) is 12.1 Å². The van der Waals surface area contributed by atoms with E-state index in [2.05, 4.69) is 10.6 Å². The molecule has 8 heteroatoms. The Hall–Kier alpha value is -3.39. The van der Waals surface area contributed by atoms with Crippen molar-refractivity contribution < 1.29 is 23.9 Å². The second-order valence-electron chi connectivity index (χ2n) is 6.86. The second kappa shape index (κ2) is 9.89. The maximum atomic E-state index is 12.4. The molecule has 30 heavy (non-hydrogen) atoms. The molecule has 2 N–H and O–H groups in total. The van der Waals surface area contributed by atoms with Gasteiger partial charge in [0.15, 0.2) is 0 Å². The Labute approximate surface area is 175 Å². The third-order valence-corrected chi connectivity index (χ3v) is 4.87. The number of amides is 2. The van der Waals surface area contributed by atoms with Gasteiger partial charge in [0, 0.05) is 24.3 Å². The van der Waals surface area contributed by atoms with Gasteiger partial charge in [-0.15, -0.1) is 0 Å². The van der Waals surface area contributed by atoms with Crippen LogP contribution in [0.4, 0.5) is 11.4 Å². The van der Waals surface area contributed by atoms with Gasteiger partial charge in [0.1, 0.15) is 11.8 Å². The summed E-state index contributed by atoms with van der Waals surface area (Å²) in [4.78, 5) is 38.2. The van der Waals surface area contributed by atoms with Crippen LogP contribution >= 0.6 is 0 Å². The first-order chi connectivity index (χ1) is 14.5. The zero-order chi connectivity index (χ0) is 21.5. The first kappa shape index (κ1) is 21.3. The molecular formula is C22H25N3O5. The lowest BCUT2D eigenvalue weighted by atomic mass is 10.1. The SMILES string of the molecule is COC(=O)C(NCC(=O)Nc1cccc(N2CCCC2=O)c1)c1ccc(OC)cc1. The zero-order valence-electron chi connectivity index (χ0n) is 17.0. The molecule has 1 aliphatic heterocycles. The lowest BCUT2D eigenvalue weighted by Crippen LogP contribution is -2.35. The van der Waals surface area contributed by atoms with Crippen molar-refractivity contribution in [3.8, 4) is 5.75 Å². The minimum absolute atomic E-state index is 0.0838. The van der Waals surface area contributed by atoms with E-state index in [1.807, 2.05) is 6.07 Å². The Morgan fingerprint density at radius 3 is 2.53 bits per heavy atom. The summed E-state index contributed by atoms with van der Waals surface area (Å²) < 4.78 is 9.98. The van der Waals surface area contributed by atoms with Crippen LogP contribution in [0.5, 0.6) is 5.75 Å². The van der Waals surface area contributed by atoms with Gasteiger partial charge < -0.3 is 19.7 Å². The minimum atomic E-state index is -0.791. The number of benzene rings is 2. The first-order valence-electron chi connectivity index (χ1n) is 9.67. The summed E-state index contributed by atoms with van der Waals surface area (Å²) >= 11 is 0. The maximum absolute atomic E-state index is 12.4. The molecule has 2 aromatic carbocycles. The van der Waals surface area contributed by atoms with Crippen LogP contribution in [0.2, 0.25) is 0 Å². The molecule has 1 fully saturated rings. The van der Waals surface area contributed by atoms with Crippen molar-refractivity contribution in [3.63, 3.8) is 0 Å². The number of nitrogens with one attached hydrogen (secondary N) is 2. The average Bonchev–Trinajstić information content (AvgIpc) is 3.20. The quantitative estimate of drug-likeness (QED) is 0.647. The molecule has 0 spiro atoms. The van der Waals surface area contributed by atoms with E-state index in [9.17, 15) is 14.4 Å². The number of ether oxygens (including phenoxy) is 2. The number of hydrogen-bond donors (Lipinski definition) is 2. The van der Waals surface area contributed by atoms with E-state index in [4.69, 9.17) is 9.47 Å². The van der Waals surface area contributed by atoms with Crippen LogP contribution in [-0.4, -0.2) is 45.1 Å². The molecule has 2 amide bonds. The van der Waals surface area contributed by atoms with Crippen LogP contribution in [0.25, 0.3) is 0 Å². The molecule has 8 nitrogen and oxygen atoms in total. The van der Waals surface area contributed by atoms with Gasteiger partial charge in [-0.25, -0.2) is 4.79 Å². The topological polar surface area (TPSA) is 97.0 Å². The van der Waals surface area contributed by atoms with Crippen molar-refractivity contribution in [3.05, 3.63) is 54.1 Å². The highest BCUT2D eigenvalue weighted by atomic mass is 16.5. The van der Waals surface area contributed by atoms with Crippen LogP contribution in [0, 0.1) is 0 Å². The summed E-state index contributed by atoms with van der Waals surface area (Å²) in [5.74, 6) is -0.0677. The molecule has 2 aromatic rings. The van der Waals surface area contributed by atoms with Crippen molar-refractivity contribution in [2.75, 3.05) is 37.5 Å². The number of rotatable bonds is 8. The molecule has 1 aliphatic rings. The minimum Gasteiger partial charge on any atom is -0.497 e. The van der Waals surface area contributed by atoms with E-state index >= 15 is 0 Å². The second-order valence-corrected chi connectivity index (χ2v) is 6.86. The largest absolute Gasteiger partial charge is 0.497 e. The summed E-state index contributed by atoms with van der Waals surface area (Å²) in [7, 11) is 2.86. The standard InChI is InChI=1S/C22H25N3O5/c1-29-18-10-8-15(9-11-18)21(22(28)30-2)23-14-19(26)24-16-5-3-6-17(13-16)25-12-4-7-20(25)27/h3,5-6,8-11,13,21,23H,4,7,12,14H2,1-2H3,(H,24,26). The fourth-order valence-corrected chi connectivity index (χ4v) is 3.32. The highest BCUT2D eigenvalue weighted by molar-refractivity contribution is 5.97. The van der Waals surface area contributed by atoms with Crippen molar-refractivity contribution in [1.82, 2.24) is 5.32 Å². The Kier molecular flexibility index (Phi) is 7.03. The van der Waals surface area contributed by atoms with Gasteiger partial charge in [-0.05, 0) is 42.3 Å². The molecule has 158 valence electrons. The summed E-state index contributed by atoms with van der Waals surface area (Å²) in [6, 6.07) is 13.3. The number of hydrogen-bond acceptors (Lipinski definition) is 6. The number of anilines is 2. The van der Waals surface area contributed by atoms with Gasteiger partial charge >= 0.3 is 5.97 Å². The van der Waals surface area contributed by atoms with Crippen molar-refractivity contribution in [2.24, 2.45) is 0 Å². The van der Waals surface area contributed by atoms with Gasteiger partial charge in [0.05, 0.1) is 20.8 Å². The third kappa shape index (κ3) is 5.15. The molecule has 0 aliphatic carbocycles. The Bertz CT molecular complexity index is 913. The fourth-order valence-electron chi connectivity index (χ4n) is 3.32. The molecule has 0 aromatic heterocycles. The third-order valence-electron chi connectivity index (χ3n) is 4.87. The predicted octanol–water partition coefficient (Wildman–Crippen LogP) is 2.26. The number of carbonyl (C=O) groups is 3. The van der Waals surface area contributed by atoms with E-state index in [1.54, 1.807) is 54.5 Å². The lowest BCUT2D eigenvalue weighted by Gasteiger charge is -2.18. The molecule has 1 saturated heterocycles. The van der Waals surface area contributed by atoms with Gasteiger partial charge in [0.25, 0.3) is 0 Å². The molecule has 0 radical (unpaired) electrons. The monoisotopic (exact) mass is 411 g/mol. The number of carbonyl (C=O) groups excluding carboxylic acids is 3. The van der Waals surface area contributed by atoms with E-state index in [-0.39, 0.29) is 18.4 Å². The van der Waals surface area contributed by atoms with Crippen LogP contribution in [0.3, 0.4) is 0 Å². The highest BCUT2D eigenvalue weighted by Gasteiger charge is 2.23. The molecular weight excluding hydrogens is 386 g/mol. The van der Waals surface area contributed by atoms with Gasteiger partial charge in [-0.2, -0.15) is 0 Å². The normalized spacial score (nSPS) is 14.3.